The van der Waals surface area contributed by atoms with Gasteiger partial charge in [-0.2, -0.15) is 0 Å². The summed E-state index contributed by atoms with van der Waals surface area (Å²) in [6.07, 6.45) is 0. The summed E-state index contributed by atoms with van der Waals surface area (Å²) < 4.78 is 10.4. The number of hydrogen-bond donors (Lipinski definition) is 2. The van der Waals surface area contributed by atoms with Crippen LogP contribution in [0.4, 0.5) is 11.4 Å². The molecule has 0 bridgehead atoms. The maximum Gasteiger partial charge on any atom is 0.255 e. The number of halogens is 1. The molecule has 1 unspecified atom stereocenters. The third-order valence-corrected chi connectivity index (χ3v) is 7.02. The third kappa shape index (κ3) is 6.84. The van der Waals surface area contributed by atoms with Crippen molar-refractivity contribution in [3.63, 3.8) is 0 Å². The van der Waals surface area contributed by atoms with Crippen molar-refractivity contribution in [2.75, 3.05) is 24.9 Å². The van der Waals surface area contributed by atoms with Crippen molar-refractivity contribution in [2.45, 2.75) is 10.1 Å². The van der Waals surface area contributed by atoms with Gasteiger partial charge >= 0.3 is 0 Å². The molecule has 37 heavy (non-hydrogen) atoms. The van der Waals surface area contributed by atoms with Crippen LogP contribution in [-0.4, -0.2) is 26.0 Å². The zero-order valence-electron chi connectivity index (χ0n) is 20.2. The van der Waals surface area contributed by atoms with Crippen LogP contribution in [0.15, 0.2) is 102 Å². The number of rotatable bonds is 9. The van der Waals surface area contributed by atoms with Crippen molar-refractivity contribution < 1.29 is 19.1 Å². The van der Waals surface area contributed by atoms with E-state index >= 15 is 0 Å². The molecule has 188 valence electrons. The van der Waals surface area contributed by atoms with Crippen molar-refractivity contribution in [1.29, 1.82) is 0 Å². The van der Waals surface area contributed by atoms with Crippen LogP contribution in [0.3, 0.4) is 0 Å². The molecule has 0 aliphatic heterocycles. The SMILES string of the molecule is COc1cccc(C(=O)Nc2ccc(SC(C(=O)Nc3ccc(OC)c(Cl)c3)c3ccccc3)cc2)c1. The van der Waals surface area contributed by atoms with E-state index in [4.69, 9.17) is 21.1 Å². The summed E-state index contributed by atoms with van der Waals surface area (Å²) in [5, 5.41) is 5.74. The van der Waals surface area contributed by atoms with Crippen molar-refractivity contribution in [2.24, 2.45) is 0 Å². The van der Waals surface area contributed by atoms with E-state index in [1.54, 1.807) is 49.6 Å². The number of anilines is 2. The van der Waals surface area contributed by atoms with E-state index in [1.165, 1.54) is 18.9 Å². The Hall–Kier alpha value is -3.94. The second-order valence-corrected chi connectivity index (χ2v) is 9.54. The highest BCUT2D eigenvalue weighted by atomic mass is 35.5. The first-order chi connectivity index (χ1) is 18.0. The van der Waals surface area contributed by atoms with Gasteiger partial charge in [0, 0.05) is 21.8 Å². The van der Waals surface area contributed by atoms with Gasteiger partial charge in [0.15, 0.2) is 0 Å². The Bertz CT molecular complexity index is 1380. The van der Waals surface area contributed by atoms with Crippen molar-refractivity contribution in [3.05, 3.63) is 113 Å². The molecule has 0 aromatic heterocycles. The monoisotopic (exact) mass is 532 g/mol. The lowest BCUT2D eigenvalue weighted by molar-refractivity contribution is -0.115. The number of nitrogens with one attached hydrogen (secondary N) is 2. The summed E-state index contributed by atoms with van der Waals surface area (Å²) in [4.78, 5) is 26.8. The molecule has 4 aromatic carbocycles. The van der Waals surface area contributed by atoms with E-state index in [2.05, 4.69) is 10.6 Å². The Morgan fingerprint density at radius 3 is 2.19 bits per heavy atom. The second-order valence-electron chi connectivity index (χ2n) is 7.96. The summed E-state index contributed by atoms with van der Waals surface area (Å²) >= 11 is 7.64. The van der Waals surface area contributed by atoms with Crippen LogP contribution in [-0.2, 0) is 4.79 Å². The lowest BCUT2D eigenvalue weighted by Crippen LogP contribution is -2.19. The fourth-order valence-corrected chi connectivity index (χ4v) is 4.86. The second kappa shape index (κ2) is 12.3. The van der Waals surface area contributed by atoms with E-state index in [1.807, 2.05) is 54.6 Å². The molecule has 4 aromatic rings. The molecule has 6 nitrogen and oxygen atoms in total. The van der Waals surface area contributed by atoms with Gasteiger partial charge in [-0.3, -0.25) is 9.59 Å². The largest absolute Gasteiger partial charge is 0.497 e. The normalized spacial score (nSPS) is 11.3. The molecule has 0 heterocycles. The highest BCUT2D eigenvalue weighted by molar-refractivity contribution is 8.00. The van der Waals surface area contributed by atoms with Crippen LogP contribution in [0.2, 0.25) is 5.02 Å². The molecule has 1 atom stereocenters. The number of ether oxygens (including phenoxy) is 2. The molecule has 0 saturated carbocycles. The Balaban J connectivity index is 1.48. The fourth-order valence-electron chi connectivity index (χ4n) is 3.57. The Morgan fingerprint density at radius 1 is 0.784 bits per heavy atom. The van der Waals surface area contributed by atoms with Crippen LogP contribution in [0.25, 0.3) is 0 Å². The van der Waals surface area contributed by atoms with E-state index in [9.17, 15) is 9.59 Å². The Morgan fingerprint density at radius 2 is 1.51 bits per heavy atom. The van der Waals surface area contributed by atoms with Gasteiger partial charge in [0.2, 0.25) is 5.91 Å². The van der Waals surface area contributed by atoms with Crippen molar-refractivity contribution in [1.82, 2.24) is 0 Å². The van der Waals surface area contributed by atoms with Gasteiger partial charge < -0.3 is 20.1 Å². The molecule has 0 saturated heterocycles. The molecule has 0 aliphatic carbocycles. The Kier molecular flexibility index (Phi) is 8.72. The van der Waals surface area contributed by atoms with Crippen molar-refractivity contribution in [3.8, 4) is 11.5 Å². The number of amides is 2. The average Bonchev–Trinajstić information content (AvgIpc) is 2.93. The summed E-state index contributed by atoms with van der Waals surface area (Å²) in [5.74, 6) is 0.723. The first kappa shape index (κ1) is 26.1. The standard InChI is InChI=1S/C29H25ClN2O4S/c1-35-23-10-6-9-20(17-23)28(33)31-21-11-14-24(15-12-21)37-27(19-7-4-3-5-8-19)29(34)32-22-13-16-26(36-2)25(30)18-22/h3-18,27H,1-2H3,(H,31,33)(H,32,34). The minimum Gasteiger partial charge on any atom is -0.497 e. The molecule has 4 rings (SSSR count). The van der Waals surface area contributed by atoms with Crippen LogP contribution >= 0.6 is 23.4 Å². The number of benzene rings is 4. The van der Waals surface area contributed by atoms with Crippen LogP contribution in [0, 0.1) is 0 Å². The van der Waals surface area contributed by atoms with Gasteiger partial charge in [-0.1, -0.05) is 48.0 Å². The van der Waals surface area contributed by atoms with Gasteiger partial charge in [-0.15, -0.1) is 11.8 Å². The van der Waals surface area contributed by atoms with Gasteiger partial charge in [-0.05, 0) is 66.2 Å². The van der Waals surface area contributed by atoms with Crippen LogP contribution in [0.1, 0.15) is 21.2 Å². The predicted octanol–water partition coefficient (Wildman–Crippen LogP) is 7.08. The highest BCUT2D eigenvalue weighted by Crippen LogP contribution is 2.37. The summed E-state index contributed by atoms with van der Waals surface area (Å²) in [6.45, 7) is 0. The maximum absolute atomic E-state index is 13.3. The Labute approximate surface area is 225 Å². The number of carbonyl (C=O) groups is 2. The smallest absolute Gasteiger partial charge is 0.255 e. The molecule has 2 N–H and O–H groups in total. The molecule has 2 amide bonds. The zero-order valence-corrected chi connectivity index (χ0v) is 21.8. The summed E-state index contributed by atoms with van der Waals surface area (Å²) in [7, 11) is 3.10. The lowest BCUT2D eigenvalue weighted by Gasteiger charge is -2.18. The maximum atomic E-state index is 13.3. The number of carbonyl (C=O) groups excluding carboxylic acids is 2. The van der Waals surface area contributed by atoms with Crippen LogP contribution < -0.4 is 20.1 Å². The van der Waals surface area contributed by atoms with Gasteiger partial charge in [0.1, 0.15) is 16.7 Å². The molecule has 0 radical (unpaired) electrons. The summed E-state index contributed by atoms with van der Waals surface area (Å²) in [6, 6.07) is 29.0. The van der Waals surface area contributed by atoms with Crippen molar-refractivity contribution >= 4 is 46.6 Å². The quantitative estimate of drug-likeness (QED) is 0.225. The molecule has 8 heteroatoms. The third-order valence-electron chi connectivity index (χ3n) is 5.46. The number of hydrogen-bond acceptors (Lipinski definition) is 5. The molecule has 0 fully saturated rings. The minimum atomic E-state index is -0.515. The average molecular weight is 533 g/mol. The predicted molar refractivity (Wildman–Crippen MR) is 149 cm³/mol. The van der Waals surface area contributed by atoms with E-state index in [-0.39, 0.29) is 11.8 Å². The number of methoxy groups -OCH3 is 2. The topological polar surface area (TPSA) is 76.7 Å². The van der Waals surface area contributed by atoms with Gasteiger partial charge in [0.05, 0.1) is 19.2 Å². The fraction of sp³-hybridized carbons (Fsp3) is 0.103. The van der Waals surface area contributed by atoms with Crippen LogP contribution in [0.5, 0.6) is 11.5 Å². The first-order valence-electron chi connectivity index (χ1n) is 11.4. The zero-order chi connectivity index (χ0) is 26.2. The molecule has 0 spiro atoms. The van der Waals surface area contributed by atoms with E-state index in [0.29, 0.717) is 33.5 Å². The lowest BCUT2D eigenvalue weighted by atomic mass is 10.1. The highest BCUT2D eigenvalue weighted by Gasteiger charge is 2.22. The molecule has 0 aliphatic rings. The van der Waals surface area contributed by atoms with Gasteiger partial charge in [0.25, 0.3) is 5.91 Å². The number of thioether (sulfide) groups is 1. The summed E-state index contributed by atoms with van der Waals surface area (Å²) in [5.41, 5.74) is 2.58. The minimum absolute atomic E-state index is 0.187. The van der Waals surface area contributed by atoms with E-state index < -0.39 is 5.25 Å². The molecular formula is C29H25ClN2O4S. The molecular weight excluding hydrogens is 508 g/mol. The van der Waals surface area contributed by atoms with E-state index in [0.717, 1.165) is 10.5 Å². The first-order valence-corrected chi connectivity index (χ1v) is 12.6. The van der Waals surface area contributed by atoms with Gasteiger partial charge in [-0.25, -0.2) is 0 Å².